The summed E-state index contributed by atoms with van der Waals surface area (Å²) in [6.45, 7) is 1.04. The summed E-state index contributed by atoms with van der Waals surface area (Å²) in [4.78, 5) is 0. The van der Waals surface area contributed by atoms with Gasteiger partial charge in [0.25, 0.3) is 0 Å². The Morgan fingerprint density at radius 2 is 1.82 bits per heavy atom. The summed E-state index contributed by atoms with van der Waals surface area (Å²) in [5, 5.41) is 0. The molecule has 3 unspecified atom stereocenters. The van der Waals surface area contributed by atoms with E-state index in [4.69, 9.17) is 9.47 Å². The van der Waals surface area contributed by atoms with E-state index in [1.807, 2.05) is 0 Å². The second kappa shape index (κ2) is 6.23. The number of ether oxygens (including phenoxy) is 2. The molecule has 0 aromatic rings. The highest BCUT2D eigenvalue weighted by molar-refractivity contribution is 8.05. The molecule has 1 aliphatic heterocycles. The molecule has 0 aromatic carbocycles. The van der Waals surface area contributed by atoms with Crippen LogP contribution in [0, 0.1) is 5.92 Å². The van der Waals surface area contributed by atoms with Crippen LogP contribution in [-0.2, 0) is 29.5 Å². The van der Waals surface area contributed by atoms with Crippen molar-refractivity contribution in [1.29, 1.82) is 0 Å². The van der Waals surface area contributed by atoms with Gasteiger partial charge in [-0.25, -0.2) is 16.8 Å². The molecule has 1 aliphatic carbocycles. The summed E-state index contributed by atoms with van der Waals surface area (Å²) in [5.41, 5.74) is -5.66. The molecular weight excluding hydrogens is 351 g/mol. The maximum Gasteiger partial charge on any atom is 0.512 e. The van der Waals surface area contributed by atoms with E-state index in [-0.39, 0.29) is 12.2 Å². The van der Waals surface area contributed by atoms with Gasteiger partial charge in [0, 0.05) is 0 Å². The Hall–Kier alpha value is -0.430. The second-order valence-corrected chi connectivity index (χ2v) is 9.10. The van der Waals surface area contributed by atoms with Gasteiger partial charge in [-0.05, 0) is 25.2 Å². The molecule has 7 nitrogen and oxygen atoms in total. The molecular formula is C10H16F3NO6S2. The zero-order chi connectivity index (χ0) is 16.6. The van der Waals surface area contributed by atoms with Crippen LogP contribution in [0.1, 0.15) is 19.3 Å². The quantitative estimate of drug-likeness (QED) is 0.651. The van der Waals surface area contributed by atoms with Gasteiger partial charge in [0.2, 0.25) is 10.0 Å². The summed E-state index contributed by atoms with van der Waals surface area (Å²) in [6.07, 6.45) is 1.28. The molecule has 1 heterocycles. The second-order valence-electron chi connectivity index (χ2n) is 5.40. The van der Waals surface area contributed by atoms with E-state index in [9.17, 15) is 30.0 Å². The lowest BCUT2D eigenvalue weighted by molar-refractivity contribution is -0.0441. The molecule has 0 amide bonds. The van der Waals surface area contributed by atoms with Crippen molar-refractivity contribution >= 4 is 20.0 Å². The van der Waals surface area contributed by atoms with Crippen molar-refractivity contribution in [3.8, 4) is 0 Å². The lowest BCUT2D eigenvalue weighted by Crippen LogP contribution is -2.42. The first-order valence-corrected chi connectivity index (χ1v) is 9.68. The Morgan fingerprint density at radius 1 is 1.18 bits per heavy atom. The Bertz CT molecular complexity index is 599. The van der Waals surface area contributed by atoms with Crippen molar-refractivity contribution in [2.45, 2.75) is 37.0 Å². The van der Waals surface area contributed by atoms with E-state index >= 15 is 0 Å². The van der Waals surface area contributed by atoms with Crippen LogP contribution < -0.4 is 4.13 Å². The molecule has 3 atom stereocenters. The first-order valence-electron chi connectivity index (χ1n) is 6.54. The Balaban J connectivity index is 1.84. The topological polar surface area (TPSA) is 102 Å². The Labute approximate surface area is 126 Å². The summed E-state index contributed by atoms with van der Waals surface area (Å²) < 4.78 is 92.5. The number of hydrogen-bond donors (Lipinski definition) is 1. The fraction of sp³-hybridized carbons (Fsp3) is 1.00. The van der Waals surface area contributed by atoms with Crippen molar-refractivity contribution in [1.82, 2.24) is 4.13 Å². The summed E-state index contributed by atoms with van der Waals surface area (Å²) in [6, 6.07) is 0. The molecule has 0 aromatic heterocycles. The van der Waals surface area contributed by atoms with Gasteiger partial charge in [0.15, 0.2) is 0 Å². The maximum absolute atomic E-state index is 12.2. The first-order chi connectivity index (χ1) is 9.98. The summed E-state index contributed by atoms with van der Waals surface area (Å²) >= 11 is 0. The standard InChI is InChI=1S/C10H16F3NO6S2/c11-10(12,13)22(17,18)14-21(15,16)6-7-1-2-8(3-7)19-4-9-5-20-9/h7-9,14H,1-6H2. The summed E-state index contributed by atoms with van der Waals surface area (Å²) in [5.74, 6) is -1.12. The first kappa shape index (κ1) is 17.9. The molecule has 0 spiro atoms. The minimum Gasteiger partial charge on any atom is -0.375 e. The zero-order valence-electron chi connectivity index (χ0n) is 11.4. The number of epoxide rings is 1. The smallest absolute Gasteiger partial charge is 0.375 e. The molecule has 1 saturated carbocycles. The number of sulfonamides is 2. The highest BCUT2D eigenvalue weighted by Gasteiger charge is 2.48. The van der Waals surface area contributed by atoms with Crippen LogP contribution >= 0.6 is 0 Å². The van der Waals surface area contributed by atoms with Crippen LogP contribution in [0.2, 0.25) is 0 Å². The van der Waals surface area contributed by atoms with Gasteiger partial charge in [-0.3, -0.25) is 0 Å². The van der Waals surface area contributed by atoms with Crippen LogP contribution in [0.5, 0.6) is 0 Å². The number of hydrogen-bond acceptors (Lipinski definition) is 6. The van der Waals surface area contributed by atoms with E-state index in [1.165, 1.54) is 0 Å². The van der Waals surface area contributed by atoms with Gasteiger partial charge < -0.3 is 9.47 Å². The predicted octanol–water partition coefficient (Wildman–Crippen LogP) is 0.339. The van der Waals surface area contributed by atoms with Crippen LogP contribution in [0.4, 0.5) is 13.2 Å². The molecule has 2 rings (SSSR count). The van der Waals surface area contributed by atoms with Crippen LogP contribution in [0.15, 0.2) is 0 Å². The van der Waals surface area contributed by atoms with Crippen molar-refractivity contribution in [3.05, 3.63) is 0 Å². The largest absolute Gasteiger partial charge is 0.512 e. The molecule has 130 valence electrons. The van der Waals surface area contributed by atoms with Gasteiger partial charge in [-0.2, -0.15) is 13.2 Å². The average Bonchev–Trinajstić information content (AvgIpc) is 3.05. The monoisotopic (exact) mass is 367 g/mol. The molecule has 2 fully saturated rings. The minimum absolute atomic E-state index is 0.0707. The number of alkyl halides is 3. The third-order valence-electron chi connectivity index (χ3n) is 3.41. The third-order valence-corrected chi connectivity index (χ3v) is 6.82. The van der Waals surface area contributed by atoms with Crippen LogP contribution in [-0.4, -0.2) is 53.5 Å². The SMILES string of the molecule is O=S(=O)(CC1CCC(OCC2CO2)C1)NS(=O)(=O)C(F)(F)F. The molecule has 1 N–H and O–H groups in total. The highest BCUT2D eigenvalue weighted by atomic mass is 32.3. The predicted molar refractivity (Wildman–Crippen MR) is 68.7 cm³/mol. The van der Waals surface area contributed by atoms with Gasteiger partial charge in [0.1, 0.15) is 6.10 Å². The molecule has 2 aliphatic rings. The Morgan fingerprint density at radius 3 is 2.36 bits per heavy atom. The van der Waals surface area contributed by atoms with Gasteiger partial charge >= 0.3 is 15.5 Å². The summed E-state index contributed by atoms with van der Waals surface area (Å²) in [7, 11) is -10.5. The van der Waals surface area contributed by atoms with Crippen LogP contribution in [0.25, 0.3) is 0 Å². The number of nitrogens with one attached hydrogen (secondary N) is 1. The van der Waals surface area contributed by atoms with Gasteiger partial charge in [-0.15, -0.1) is 4.13 Å². The maximum atomic E-state index is 12.2. The molecule has 1 saturated heterocycles. The van der Waals surface area contributed by atoms with Gasteiger partial charge in [0.05, 0.1) is 25.1 Å². The van der Waals surface area contributed by atoms with Crippen molar-refractivity contribution in [3.63, 3.8) is 0 Å². The molecule has 22 heavy (non-hydrogen) atoms. The van der Waals surface area contributed by atoms with Crippen molar-refractivity contribution in [2.24, 2.45) is 5.92 Å². The van der Waals surface area contributed by atoms with E-state index < -0.39 is 37.2 Å². The third kappa shape index (κ3) is 5.05. The van der Waals surface area contributed by atoms with E-state index in [2.05, 4.69) is 0 Å². The number of rotatable bonds is 7. The fourth-order valence-corrected chi connectivity index (χ4v) is 5.21. The minimum atomic E-state index is -5.91. The van der Waals surface area contributed by atoms with Crippen LogP contribution in [0.3, 0.4) is 0 Å². The fourth-order valence-electron chi connectivity index (χ4n) is 2.30. The molecule has 0 radical (unpaired) electrons. The Kier molecular flexibility index (Phi) is 5.07. The molecule has 0 bridgehead atoms. The average molecular weight is 367 g/mol. The van der Waals surface area contributed by atoms with Crippen molar-refractivity contribution < 1.29 is 39.5 Å². The van der Waals surface area contributed by atoms with E-state index in [0.717, 1.165) is 4.13 Å². The van der Waals surface area contributed by atoms with Gasteiger partial charge in [-0.1, -0.05) is 0 Å². The molecule has 12 heteroatoms. The number of halogens is 3. The highest BCUT2D eigenvalue weighted by Crippen LogP contribution is 2.30. The van der Waals surface area contributed by atoms with E-state index in [0.29, 0.717) is 32.5 Å². The zero-order valence-corrected chi connectivity index (χ0v) is 13.0. The lowest BCUT2D eigenvalue weighted by Gasteiger charge is -2.14. The normalized spacial score (nSPS) is 29.7. The lowest BCUT2D eigenvalue weighted by atomic mass is 10.1. The van der Waals surface area contributed by atoms with E-state index in [1.54, 1.807) is 0 Å². The van der Waals surface area contributed by atoms with Crippen molar-refractivity contribution in [2.75, 3.05) is 19.0 Å².